The van der Waals surface area contributed by atoms with E-state index in [2.05, 4.69) is 49.4 Å². The van der Waals surface area contributed by atoms with Gasteiger partial charge in [0.2, 0.25) is 5.91 Å². The van der Waals surface area contributed by atoms with Crippen LogP contribution in [0.15, 0.2) is 54.9 Å². The summed E-state index contributed by atoms with van der Waals surface area (Å²) in [6, 6.07) is 10.6. The van der Waals surface area contributed by atoms with Gasteiger partial charge < -0.3 is 15.7 Å². The molecule has 0 unspecified atom stereocenters. The summed E-state index contributed by atoms with van der Waals surface area (Å²) in [5, 5.41) is 16.4. The van der Waals surface area contributed by atoms with Gasteiger partial charge in [-0.3, -0.25) is 9.78 Å². The van der Waals surface area contributed by atoms with Gasteiger partial charge in [0.25, 0.3) is 0 Å². The highest BCUT2D eigenvalue weighted by Crippen LogP contribution is 2.14. The quantitative estimate of drug-likeness (QED) is 0.362. The Morgan fingerprint density at radius 1 is 1.09 bits per heavy atom. The minimum absolute atomic E-state index is 0.01000. The van der Waals surface area contributed by atoms with E-state index in [-0.39, 0.29) is 23.7 Å². The number of hydrogen-bond donors (Lipinski definition) is 3. The first kappa shape index (κ1) is 26.6. The zero-order valence-electron chi connectivity index (χ0n) is 20.6. The number of carbonyl (C=O) groups is 1. The molecule has 1 amide bonds. The molecule has 0 saturated heterocycles. The molecule has 3 N–H and O–H groups in total. The van der Waals surface area contributed by atoms with Gasteiger partial charge in [-0.15, -0.1) is 0 Å². The number of unbranched alkanes of at least 4 members (excludes halogenated alkanes) is 1. The standard InChI is InChI=1S/C28H41N3O2/c1-5-6-7-22(4)20-30-27(19-24-9-12-26(32)13-10-24)28(33)31-25(18-21(2)3)11-8-23-14-16-29-17-15-23/h8-17,21-22,25,27,30,32H,5-7,18-20H2,1-4H3,(H,31,33)/b11-8+/t22-,25-,27-/m0/s1. The molecule has 3 atom stereocenters. The third-order valence-corrected chi connectivity index (χ3v) is 5.74. The minimum atomic E-state index is -0.331. The van der Waals surface area contributed by atoms with Crippen LogP contribution in [0.1, 0.15) is 64.5 Å². The molecule has 2 aromatic rings. The van der Waals surface area contributed by atoms with Crippen LogP contribution in [0.2, 0.25) is 0 Å². The SMILES string of the molecule is CCCC[C@H](C)CN[C@@H](Cc1ccc(O)cc1)C(=O)N[C@@H](/C=C/c1ccncc1)CC(C)C. The minimum Gasteiger partial charge on any atom is -0.508 e. The van der Waals surface area contributed by atoms with Crippen molar-refractivity contribution in [3.05, 3.63) is 66.0 Å². The number of nitrogens with zero attached hydrogens (tertiary/aromatic N) is 1. The van der Waals surface area contributed by atoms with Crippen molar-refractivity contribution in [2.75, 3.05) is 6.54 Å². The Morgan fingerprint density at radius 3 is 2.42 bits per heavy atom. The van der Waals surface area contributed by atoms with Crippen LogP contribution >= 0.6 is 0 Å². The normalized spacial score (nSPS) is 14.3. The van der Waals surface area contributed by atoms with E-state index in [0.29, 0.717) is 18.3 Å². The van der Waals surface area contributed by atoms with Gasteiger partial charge in [-0.1, -0.05) is 64.8 Å². The summed E-state index contributed by atoms with van der Waals surface area (Å²) in [4.78, 5) is 17.4. The van der Waals surface area contributed by atoms with Crippen molar-refractivity contribution in [3.8, 4) is 5.75 Å². The van der Waals surface area contributed by atoms with Crippen molar-refractivity contribution in [1.29, 1.82) is 0 Å². The number of hydrogen-bond acceptors (Lipinski definition) is 4. The molecule has 0 bridgehead atoms. The predicted octanol–water partition coefficient (Wildman–Crippen LogP) is 5.36. The van der Waals surface area contributed by atoms with Crippen molar-refractivity contribution in [3.63, 3.8) is 0 Å². The summed E-state index contributed by atoms with van der Waals surface area (Å²) in [5.41, 5.74) is 2.09. The number of rotatable bonds is 14. The van der Waals surface area contributed by atoms with E-state index in [9.17, 15) is 9.90 Å². The highest BCUT2D eigenvalue weighted by molar-refractivity contribution is 5.82. The zero-order valence-corrected chi connectivity index (χ0v) is 20.6. The van der Waals surface area contributed by atoms with Gasteiger partial charge in [0.1, 0.15) is 5.75 Å². The molecule has 1 aromatic carbocycles. The highest BCUT2D eigenvalue weighted by Gasteiger charge is 2.22. The number of phenolic OH excluding ortho intramolecular Hbond substituents is 1. The number of aromatic hydroxyl groups is 1. The second-order valence-corrected chi connectivity index (χ2v) is 9.46. The molecule has 180 valence electrons. The molecule has 0 saturated carbocycles. The number of nitrogens with one attached hydrogen (secondary N) is 2. The lowest BCUT2D eigenvalue weighted by atomic mass is 9.99. The molecule has 5 heteroatoms. The first-order valence-corrected chi connectivity index (χ1v) is 12.3. The van der Waals surface area contributed by atoms with Crippen molar-refractivity contribution >= 4 is 12.0 Å². The Morgan fingerprint density at radius 2 is 1.79 bits per heavy atom. The number of phenols is 1. The van der Waals surface area contributed by atoms with Crippen LogP contribution in [-0.2, 0) is 11.2 Å². The maximum atomic E-state index is 13.4. The van der Waals surface area contributed by atoms with Gasteiger partial charge >= 0.3 is 0 Å². The van der Waals surface area contributed by atoms with Crippen LogP contribution in [0, 0.1) is 11.8 Å². The summed E-state index contributed by atoms with van der Waals surface area (Å²) in [7, 11) is 0. The smallest absolute Gasteiger partial charge is 0.237 e. The molecule has 0 fully saturated rings. The van der Waals surface area contributed by atoms with Crippen LogP contribution in [0.25, 0.3) is 6.08 Å². The summed E-state index contributed by atoms with van der Waals surface area (Å²) < 4.78 is 0. The van der Waals surface area contributed by atoms with Gasteiger partial charge in [-0.05, 0) is 73.0 Å². The fourth-order valence-electron chi connectivity index (χ4n) is 3.80. The summed E-state index contributed by atoms with van der Waals surface area (Å²) in [6.07, 6.45) is 12.7. The monoisotopic (exact) mass is 451 g/mol. The van der Waals surface area contributed by atoms with Crippen LogP contribution < -0.4 is 10.6 Å². The van der Waals surface area contributed by atoms with Crippen molar-refractivity contribution in [1.82, 2.24) is 15.6 Å². The van der Waals surface area contributed by atoms with E-state index >= 15 is 0 Å². The van der Waals surface area contributed by atoms with Crippen molar-refractivity contribution in [2.45, 2.75) is 71.9 Å². The Labute approximate surface area is 199 Å². The van der Waals surface area contributed by atoms with Crippen LogP contribution in [0.5, 0.6) is 5.75 Å². The number of benzene rings is 1. The Hall–Kier alpha value is -2.66. The number of pyridine rings is 1. The lowest BCUT2D eigenvalue weighted by molar-refractivity contribution is -0.123. The van der Waals surface area contributed by atoms with Gasteiger partial charge in [-0.2, -0.15) is 0 Å². The second-order valence-electron chi connectivity index (χ2n) is 9.46. The van der Waals surface area contributed by atoms with Crippen LogP contribution in [-0.4, -0.2) is 34.6 Å². The van der Waals surface area contributed by atoms with Crippen molar-refractivity contribution < 1.29 is 9.90 Å². The predicted molar refractivity (Wildman–Crippen MR) is 137 cm³/mol. The van der Waals surface area contributed by atoms with Gasteiger partial charge in [0, 0.05) is 18.4 Å². The fourth-order valence-corrected chi connectivity index (χ4v) is 3.80. The van der Waals surface area contributed by atoms with Gasteiger partial charge in [0.15, 0.2) is 0 Å². The molecular weight excluding hydrogens is 410 g/mol. The molecule has 0 spiro atoms. The Balaban J connectivity index is 2.10. The Kier molecular flexibility index (Phi) is 11.7. The molecule has 0 aliphatic rings. The van der Waals surface area contributed by atoms with E-state index < -0.39 is 0 Å². The average molecular weight is 452 g/mol. The van der Waals surface area contributed by atoms with E-state index in [1.807, 2.05) is 30.3 Å². The number of aromatic nitrogens is 1. The van der Waals surface area contributed by atoms with Gasteiger partial charge in [0.05, 0.1) is 6.04 Å². The topological polar surface area (TPSA) is 74.2 Å². The zero-order chi connectivity index (χ0) is 24.1. The molecule has 1 heterocycles. The summed E-state index contributed by atoms with van der Waals surface area (Å²) in [6.45, 7) is 9.58. The first-order chi connectivity index (χ1) is 15.9. The maximum Gasteiger partial charge on any atom is 0.237 e. The lowest BCUT2D eigenvalue weighted by Crippen LogP contribution is -2.49. The van der Waals surface area contributed by atoms with E-state index in [1.165, 1.54) is 12.8 Å². The number of amides is 1. The fraction of sp³-hybridized carbons (Fsp3) is 0.500. The molecule has 5 nitrogen and oxygen atoms in total. The summed E-state index contributed by atoms with van der Waals surface area (Å²) >= 11 is 0. The average Bonchev–Trinajstić information content (AvgIpc) is 2.80. The van der Waals surface area contributed by atoms with Crippen LogP contribution in [0.4, 0.5) is 0 Å². The van der Waals surface area contributed by atoms with Crippen molar-refractivity contribution in [2.24, 2.45) is 11.8 Å². The lowest BCUT2D eigenvalue weighted by Gasteiger charge is -2.24. The molecule has 0 radical (unpaired) electrons. The first-order valence-electron chi connectivity index (χ1n) is 12.3. The molecule has 0 aliphatic heterocycles. The molecule has 2 rings (SSSR count). The molecule has 1 aromatic heterocycles. The highest BCUT2D eigenvalue weighted by atomic mass is 16.3. The number of carbonyl (C=O) groups excluding carboxylic acids is 1. The maximum absolute atomic E-state index is 13.4. The largest absolute Gasteiger partial charge is 0.508 e. The van der Waals surface area contributed by atoms with E-state index in [0.717, 1.165) is 30.5 Å². The molecule has 33 heavy (non-hydrogen) atoms. The van der Waals surface area contributed by atoms with E-state index in [4.69, 9.17) is 0 Å². The molecular formula is C28H41N3O2. The third-order valence-electron chi connectivity index (χ3n) is 5.74. The second kappa shape index (κ2) is 14.5. The summed E-state index contributed by atoms with van der Waals surface area (Å²) in [5.74, 6) is 1.21. The third kappa shape index (κ3) is 10.7. The molecule has 0 aliphatic carbocycles. The Bertz CT molecular complexity index is 834. The van der Waals surface area contributed by atoms with Crippen LogP contribution in [0.3, 0.4) is 0 Å². The van der Waals surface area contributed by atoms with Gasteiger partial charge in [-0.25, -0.2) is 0 Å². The van der Waals surface area contributed by atoms with E-state index in [1.54, 1.807) is 24.5 Å².